The maximum Gasteiger partial charge on any atom is 0.162 e. The zero-order chi connectivity index (χ0) is 14.8. The number of halogens is 1. The van der Waals surface area contributed by atoms with Gasteiger partial charge in [-0.2, -0.15) is 9.64 Å². The lowest BCUT2D eigenvalue weighted by molar-refractivity contribution is 0.722. The smallest absolute Gasteiger partial charge is 0.162 e. The summed E-state index contributed by atoms with van der Waals surface area (Å²) in [5.41, 5.74) is 2.52. The number of aromatic nitrogens is 3. The Labute approximate surface area is 131 Å². The normalized spacial score (nSPS) is 10.7. The van der Waals surface area contributed by atoms with Crippen LogP contribution in [-0.2, 0) is 6.54 Å². The van der Waals surface area contributed by atoms with Gasteiger partial charge >= 0.3 is 0 Å². The highest BCUT2D eigenvalue weighted by atomic mass is 35.5. The van der Waals surface area contributed by atoms with E-state index < -0.39 is 0 Å². The van der Waals surface area contributed by atoms with Gasteiger partial charge in [0.1, 0.15) is 22.5 Å². The number of hydrogen-bond acceptors (Lipinski definition) is 5. The molecule has 0 atom stereocenters. The standard InChI is InChI=1S/C14H12ClN5S/c1-9-18-11-4-2-3-5-12(11)20(9)7-6-17-14-10(8-16)13(15)19-21-14/h2-5,17H,6-7H2,1H3. The Kier molecular flexibility index (Phi) is 3.78. The van der Waals surface area contributed by atoms with Crippen molar-refractivity contribution in [2.75, 3.05) is 11.9 Å². The van der Waals surface area contributed by atoms with E-state index in [1.807, 2.05) is 25.1 Å². The minimum absolute atomic E-state index is 0.259. The van der Waals surface area contributed by atoms with Gasteiger partial charge in [0.25, 0.3) is 0 Å². The van der Waals surface area contributed by atoms with Crippen LogP contribution in [0.5, 0.6) is 0 Å². The van der Waals surface area contributed by atoms with E-state index in [0.717, 1.165) is 23.4 Å². The maximum atomic E-state index is 9.03. The number of benzene rings is 1. The summed E-state index contributed by atoms with van der Waals surface area (Å²) >= 11 is 7.05. The number of anilines is 1. The van der Waals surface area contributed by atoms with Gasteiger partial charge in [-0.1, -0.05) is 23.7 Å². The average Bonchev–Trinajstić information content (AvgIpc) is 2.99. The monoisotopic (exact) mass is 317 g/mol. The summed E-state index contributed by atoms with van der Waals surface area (Å²) < 4.78 is 6.12. The SMILES string of the molecule is Cc1nc2ccccc2n1CCNc1snc(Cl)c1C#N. The molecule has 1 aromatic carbocycles. The molecule has 3 aromatic rings. The van der Waals surface area contributed by atoms with Crippen molar-refractivity contribution in [2.24, 2.45) is 0 Å². The van der Waals surface area contributed by atoms with Gasteiger partial charge in [0.05, 0.1) is 11.0 Å². The first-order chi connectivity index (χ1) is 10.2. The van der Waals surface area contributed by atoms with E-state index in [2.05, 4.69) is 31.4 Å². The average molecular weight is 318 g/mol. The fourth-order valence-corrected chi connectivity index (χ4v) is 3.21. The van der Waals surface area contributed by atoms with Crippen molar-refractivity contribution in [1.82, 2.24) is 13.9 Å². The molecule has 2 aromatic heterocycles. The molecule has 0 spiro atoms. The number of nitriles is 1. The van der Waals surface area contributed by atoms with Gasteiger partial charge in [-0.25, -0.2) is 4.98 Å². The Balaban J connectivity index is 1.75. The molecule has 0 aliphatic carbocycles. The molecule has 106 valence electrons. The van der Waals surface area contributed by atoms with Crippen molar-refractivity contribution in [3.05, 3.63) is 40.8 Å². The predicted molar refractivity (Wildman–Crippen MR) is 84.8 cm³/mol. The third kappa shape index (κ3) is 2.58. The third-order valence-corrected chi connectivity index (χ3v) is 4.41. The summed E-state index contributed by atoms with van der Waals surface area (Å²) in [6, 6.07) is 10.1. The number of nitrogens with zero attached hydrogens (tertiary/aromatic N) is 4. The van der Waals surface area contributed by atoms with Crippen LogP contribution in [0.2, 0.25) is 5.15 Å². The van der Waals surface area contributed by atoms with Crippen LogP contribution in [0.15, 0.2) is 24.3 Å². The molecule has 21 heavy (non-hydrogen) atoms. The van der Waals surface area contributed by atoms with Gasteiger partial charge in [-0.15, -0.1) is 0 Å². The second kappa shape index (κ2) is 5.72. The molecule has 5 nitrogen and oxygen atoms in total. The first-order valence-electron chi connectivity index (χ1n) is 6.41. The van der Waals surface area contributed by atoms with E-state index in [1.54, 1.807) is 0 Å². The molecular formula is C14H12ClN5S. The molecule has 7 heteroatoms. The number of imidazole rings is 1. The van der Waals surface area contributed by atoms with Gasteiger partial charge < -0.3 is 9.88 Å². The molecular weight excluding hydrogens is 306 g/mol. The highest BCUT2D eigenvalue weighted by molar-refractivity contribution is 7.10. The molecule has 3 rings (SSSR count). The number of rotatable bonds is 4. The number of fused-ring (bicyclic) bond motifs is 1. The summed E-state index contributed by atoms with van der Waals surface area (Å²) in [5, 5.41) is 13.2. The summed E-state index contributed by atoms with van der Waals surface area (Å²) in [7, 11) is 0. The molecule has 0 saturated heterocycles. The lowest BCUT2D eigenvalue weighted by atomic mass is 10.3. The largest absolute Gasteiger partial charge is 0.373 e. The zero-order valence-corrected chi connectivity index (χ0v) is 12.9. The number of hydrogen-bond donors (Lipinski definition) is 1. The van der Waals surface area contributed by atoms with Crippen LogP contribution in [0.25, 0.3) is 11.0 Å². The second-order valence-electron chi connectivity index (χ2n) is 4.52. The van der Waals surface area contributed by atoms with Gasteiger partial charge in [0.15, 0.2) is 5.15 Å². The fraction of sp³-hybridized carbons (Fsp3) is 0.214. The van der Waals surface area contributed by atoms with Crippen LogP contribution in [0, 0.1) is 18.3 Å². The molecule has 0 aliphatic rings. The Morgan fingerprint density at radius 2 is 2.24 bits per heavy atom. The topological polar surface area (TPSA) is 66.5 Å². The molecule has 0 saturated carbocycles. The van der Waals surface area contributed by atoms with Crippen molar-refractivity contribution in [3.8, 4) is 6.07 Å². The molecule has 0 aliphatic heterocycles. The fourth-order valence-electron chi connectivity index (χ4n) is 2.25. The zero-order valence-electron chi connectivity index (χ0n) is 11.3. The summed E-state index contributed by atoms with van der Waals surface area (Å²) in [6.07, 6.45) is 0. The van der Waals surface area contributed by atoms with Crippen molar-refractivity contribution in [3.63, 3.8) is 0 Å². The first-order valence-corrected chi connectivity index (χ1v) is 7.57. The second-order valence-corrected chi connectivity index (χ2v) is 5.65. The lowest BCUT2D eigenvalue weighted by Gasteiger charge is -2.08. The van der Waals surface area contributed by atoms with Crippen LogP contribution in [0.3, 0.4) is 0 Å². The van der Waals surface area contributed by atoms with Crippen LogP contribution in [-0.4, -0.2) is 20.5 Å². The van der Waals surface area contributed by atoms with Crippen LogP contribution >= 0.6 is 23.1 Å². The van der Waals surface area contributed by atoms with Crippen molar-refractivity contribution >= 4 is 39.2 Å². The first kappa shape index (κ1) is 13.9. The van der Waals surface area contributed by atoms with E-state index >= 15 is 0 Å². The minimum Gasteiger partial charge on any atom is -0.373 e. The maximum absolute atomic E-state index is 9.03. The van der Waals surface area contributed by atoms with Crippen LogP contribution in [0.4, 0.5) is 5.00 Å². The molecule has 0 bridgehead atoms. The molecule has 0 unspecified atom stereocenters. The minimum atomic E-state index is 0.259. The third-order valence-electron chi connectivity index (χ3n) is 3.23. The van der Waals surface area contributed by atoms with Crippen molar-refractivity contribution in [2.45, 2.75) is 13.5 Å². The highest BCUT2D eigenvalue weighted by Gasteiger charge is 2.11. The van der Waals surface area contributed by atoms with Crippen molar-refractivity contribution in [1.29, 1.82) is 5.26 Å². The summed E-state index contributed by atoms with van der Waals surface area (Å²) in [5.74, 6) is 0.973. The van der Waals surface area contributed by atoms with Gasteiger partial charge in [0.2, 0.25) is 0 Å². The van der Waals surface area contributed by atoms with Gasteiger partial charge in [-0.3, -0.25) is 0 Å². The summed E-state index contributed by atoms with van der Waals surface area (Å²) in [4.78, 5) is 4.53. The quantitative estimate of drug-likeness (QED) is 0.800. The number of aryl methyl sites for hydroxylation is 1. The van der Waals surface area contributed by atoms with E-state index in [1.165, 1.54) is 11.5 Å². The van der Waals surface area contributed by atoms with Gasteiger partial charge in [0, 0.05) is 13.1 Å². The van der Waals surface area contributed by atoms with E-state index in [0.29, 0.717) is 17.1 Å². The highest BCUT2D eigenvalue weighted by Crippen LogP contribution is 2.27. The van der Waals surface area contributed by atoms with Crippen LogP contribution < -0.4 is 5.32 Å². The molecule has 0 radical (unpaired) electrons. The van der Waals surface area contributed by atoms with E-state index in [-0.39, 0.29) is 5.15 Å². The Morgan fingerprint density at radius 1 is 1.43 bits per heavy atom. The van der Waals surface area contributed by atoms with Crippen LogP contribution in [0.1, 0.15) is 11.4 Å². The molecule has 2 heterocycles. The summed E-state index contributed by atoms with van der Waals surface area (Å²) in [6.45, 7) is 3.42. The van der Waals surface area contributed by atoms with Crippen molar-refractivity contribution < 1.29 is 0 Å². The molecule has 1 N–H and O–H groups in total. The molecule has 0 amide bonds. The van der Waals surface area contributed by atoms with Gasteiger partial charge in [-0.05, 0) is 30.6 Å². The molecule has 0 fully saturated rings. The Hall–Kier alpha value is -2.10. The Morgan fingerprint density at radius 3 is 3.05 bits per heavy atom. The lowest BCUT2D eigenvalue weighted by Crippen LogP contribution is -2.11. The predicted octanol–water partition coefficient (Wildman–Crippen LogP) is 3.44. The van der Waals surface area contributed by atoms with E-state index in [9.17, 15) is 0 Å². The Bertz CT molecular complexity index is 830. The number of para-hydroxylation sites is 2. The number of nitrogens with one attached hydrogen (secondary N) is 1. The van der Waals surface area contributed by atoms with E-state index in [4.69, 9.17) is 16.9 Å².